The molecule has 1 atom stereocenters. The Hall–Kier alpha value is -3.00. The molecular formula is C21H22N2O5S. The highest BCUT2D eigenvalue weighted by molar-refractivity contribution is 7.20. The highest BCUT2D eigenvalue weighted by Gasteiger charge is 2.24. The van der Waals surface area contributed by atoms with Crippen molar-refractivity contribution in [3.05, 3.63) is 63.0 Å². The van der Waals surface area contributed by atoms with E-state index in [0.717, 1.165) is 16.9 Å². The lowest BCUT2D eigenvalue weighted by Crippen LogP contribution is -2.29. The van der Waals surface area contributed by atoms with Crippen LogP contribution in [0, 0.1) is 6.92 Å². The second kappa shape index (κ2) is 8.57. The lowest BCUT2D eigenvalue weighted by molar-refractivity contribution is -0.148. The van der Waals surface area contributed by atoms with Gasteiger partial charge >= 0.3 is 11.9 Å². The van der Waals surface area contributed by atoms with E-state index in [1.807, 2.05) is 30.3 Å². The summed E-state index contributed by atoms with van der Waals surface area (Å²) in [6, 6.07) is 8.44. The number of rotatable bonds is 6. The highest BCUT2D eigenvalue weighted by Crippen LogP contribution is 2.28. The summed E-state index contributed by atoms with van der Waals surface area (Å²) in [7, 11) is 0. The van der Waals surface area contributed by atoms with Crippen LogP contribution in [-0.2, 0) is 20.9 Å². The van der Waals surface area contributed by atoms with Gasteiger partial charge in [0.2, 0.25) is 0 Å². The van der Waals surface area contributed by atoms with Crippen molar-refractivity contribution in [1.82, 2.24) is 9.55 Å². The summed E-state index contributed by atoms with van der Waals surface area (Å²) in [6.07, 6.45) is 1.04. The summed E-state index contributed by atoms with van der Waals surface area (Å²) >= 11 is 1.11. The molecule has 1 aromatic carbocycles. The van der Waals surface area contributed by atoms with Crippen molar-refractivity contribution in [3.63, 3.8) is 0 Å². The Morgan fingerprint density at radius 1 is 1.17 bits per heavy atom. The van der Waals surface area contributed by atoms with Crippen molar-refractivity contribution in [3.8, 4) is 0 Å². The SMILES string of the molecule is Cc1c(C(=O)OC(C)C)sc2ncn([C@@H](C)C(=O)OCc3ccccc3)c(=O)c12. The van der Waals surface area contributed by atoms with E-state index < -0.39 is 23.5 Å². The van der Waals surface area contributed by atoms with Crippen LogP contribution in [0.5, 0.6) is 0 Å². The van der Waals surface area contributed by atoms with Crippen LogP contribution in [0.4, 0.5) is 0 Å². The summed E-state index contributed by atoms with van der Waals surface area (Å²) < 4.78 is 11.8. The van der Waals surface area contributed by atoms with Gasteiger partial charge < -0.3 is 9.47 Å². The molecule has 0 saturated carbocycles. The second-order valence-corrected chi connectivity index (χ2v) is 7.92. The molecule has 3 rings (SSSR count). The lowest BCUT2D eigenvalue weighted by Gasteiger charge is -2.14. The first-order chi connectivity index (χ1) is 13.8. The van der Waals surface area contributed by atoms with Crippen LogP contribution in [0.3, 0.4) is 0 Å². The van der Waals surface area contributed by atoms with Crippen LogP contribution in [0.25, 0.3) is 10.2 Å². The Kier molecular flexibility index (Phi) is 6.12. The number of aryl methyl sites for hydroxylation is 1. The summed E-state index contributed by atoms with van der Waals surface area (Å²) in [5.41, 5.74) is 0.972. The third kappa shape index (κ3) is 4.37. The van der Waals surface area contributed by atoms with Gasteiger partial charge in [0, 0.05) is 0 Å². The Morgan fingerprint density at radius 2 is 1.86 bits per heavy atom. The predicted octanol–water partition coefficient (Wildman–Crippen LogP) is 3.64. The topological polar surface area (TPSA) is 87.5 Å². The molecule has 0 radical (unpaired) electrons. The van der Waals surface area contributed by atoms with Gasteiger partial charge in [-0.05, 0) is 38.8 Å². The predicted molar refractivity (Wildman–Crippen MR) is 110 cm³/mol. The second-order valence-electron chi connectivity index (χ2n) is 6.92. The average molecular weight is 414 g/mol. The average Bonchev–Trinajstić information content (AvgIpc) is 3.03. The van der Waals surface area contributed by atoms with Gasteiger partial charge in [-0.3, -0.25) is 9.36 Å². The molecule has 0 bridgehead atoms. The molecule has 29 heavy (non-hydrogen) atoms. The number of benzene rings is 1. The van der Waals surface area contributed by atoms with Crippen molar-refractivity contribution in [2.45, 2.75) is 46.4 Å². The van der Waals surface area contributed by atoms with Crippen LogP contribution in [-0.4, -0.2) is 27.6 Å². The summed E-state index contributed by atoms with van der Waals surface area (Å²) in [5, 5.41) is 0.316. The highest BCUT2D eigenvalue weighted by atomic mass is 32.1. The van der Waals surface area contributed by atoms with Crippen LogP contribution in [0.2, 0.25) is 0 Å². The molecule has 0 saturated heterocycles. The quantitative estimate of drug-likeness (QED) is 0.573. The molecule has 0 amide bonds. The van der Waals surface area contributed by atoms with E-state index in [1.165, 1.54) is 10.9 Å². The van der Waals surface area contributed by atoms with E-state index in [-0.39, 0.29) is 12.7 Å². The number of nitrogens with zero attached hydrogens (tertiary/aromatic N) is 2. The summed E-state index contributed by atoms with van der Waals surface area (Å²) in [6.45, 7) is 6.90. The standard InChI is InChI=1S/C21H22N2O5S/c1-12(2)28-21(26)17-13(3)16-18(29-17)22-11-23(19(16)24)14(4)20(25)27-10-15-8-6-5-7-9-15/h5-9,11-12,14H,10H2,1-4H3/t14-/m0/s1. The minimum absolute atomic E-state index is 0.122. The maximum atomic E-state index is 13.0. The zero-order valence-corrected chi connectivity index (χ0v) is 17.5. The van der Waals surface area contributed by atoms with E-state index in [1.54, 1.807) is 27.7 Å². The molecule has 2 aromatic heterocycles. The zero-order valence-electron chi connectivity index (χ0n) is 16.7. The van der Waals surface area contributed by atoms with E-state index in [9.17, 15) is 14.4 Å². The first kappa shape index (κ1) is 20.7. The van der Waals surface area contributed by atoms with Crippen LogP contribution >= 0.6 is 11.3 Å². The molecule has 0 fully saturated rings. The fourth-order valence-corrected chi connectivity index (χ4v) is 3.86. The minimum atomic E-state index is -0.853. The number of ether oxygens (including phenoxy) is 2. The van der Waals surface area contributed by atoms with Gasteiger partial charge in [-0.2, -0.15) is 0 Å². The molecule has 0 spiro atoms. The van der Waals surface area contributed by atoms with Crippen molar-refractivity contribution in [2.75, 3.05) is 0 Å². The Morgan fingerprint density at radius 3 is 2.52 bits per heavy atom. The van der Waals surface area contributed by atoms with Gasteiger partial charge in [-0.1, -0.05) is 30.3 Å². The summed E-state index contributed by atoms with van der Waals surface area (Å²) in [4.78, 5) is 42.8. The van der Waals surface area contributed by atoms with Crippen molar-refractivity contribution in [1.29, 1.82) is 0 Å². The maximum absolute atomic E-state index is 13.0. The largest absolute Gasteiger partial charge is 0.459 e. The molecule has 3 aromatic rings. The van der Waals surface area contributed by atoms with Crippen LogP contribution < -0.4 is 5.56 Å². The first-order valence-electron chi connectivity index (χ1n) is 9.21. The molecule has 2 heterocycles. The zero-order chi connectivity index (χ0) is 21.1. The number of aromatic nitrogens is 2. The smallest absolute Gasteiger partial charge is 0.348 e. The van der Waals surface area contributed by atoms with E-state index in [0.29, 0.717) is 20.7 Å². The van der Waals surface area contributed by atoms with Crippen LogP contribution in [0.15, 0.2) is 41.5 Å². The maximum Gasteiger partial charge on any atom is 0.348 e. The van der Waals surface area contributed by atoms with Gasteiger partial charge in [0.25, 0.3) is 5.56 Å². The normalized spacial score (nSPS) is 12.2. The Labute approximate surface area is 171 Å². The number of hydrogen-bond acceptors (Lipinski definition) is 7. The van der Waals surface area contributed by atoms with E-state index in [2.05, 4.69) is 4.98 Å². The lowest BCUT2D eigenvalue weighted by atomic mass is 10.2. The third-order valence-corrected chi connectivity index (χ3v) is 5.57. The summed E-state index contributed by atoms with van der Waals surface area (Å²) in [5.74, 6) is -1.02. The van der Waals surface area contributed by atoms with Crippen molar-refractivity contribution in [2.24, 2.45) is 0 Å². The van der Waals surface area contributed by atoms with E-state index in [4.69, 9.17) is 9.47 Å². The van der Waals surface area contributed by atoms with Crippen molar-refractivity contribution < 1.29 is 19.1 Å². The van der Waals surface area contributed by atoms with Gasteiger partial charge in [0.15, 0.2) is 0 Å². The first-order valence-corrected chi connectivity index (χ1v) is 10.0. The number of fused-ring (bicyclic) bond motifs is 1. The molecule has 152 valence electrons. The van der Waals surface area contributed by atoms with Gasteiger partial charge in [0.05, 0.1) is 17.8 Å². The van der Waals surface area contributed by atoms with Crippen molar-refractivity contribution >= 4 is 33.5 Å². The number of thiophene rings is 1. The molecule has 0 N–H and O–H groups in total. The number of carbonyl (C=O) groups is 2. The number of carbonyl (C=O) groups excluding carboxylic acids is 2. The van der Waals surface area contributed by atoms with E-state index >= 15 is 0 Å². The Balaban J connectivity index is 1.87. The molecule has 0 aliphatic carbocycles. The molecule has 7 nitrogen and oxygen atoms in total. The molecule has 0 aliphatic rings. The number of esters is 2. The monoisotopic (exact) mass is 414 g/mol. The third-order valence-electron chi connectivity index (χ3n) is 4.39. The minimum Gasteiger partial charge on any atom is -0.459 e. The van der Waals surface area contributed by atoms with Crippen LogP contribution in [0.1, 0.15) is 47.6 Å². The van der Waals surface area contributed by atoms with Gasteiger partial charge in [-0.15, -0.1) is 11.3 Å². The molecule has 0 unspecified atom stereocenters. The molecular weight excluding hydrogens is 392 g/mol. The Bertz CT molecular complexity index is 1100. The number of hydrogen-bond donors (Lipinski definition) is 0. The fraction of sp³-hybridized carbons (Fsp3) is 0.333. The van der Waals surface area contributed by atoms with Gasteiger partial charge in [0.1, 0.15) is 22.4 Å². The molecule has 8 heteroatoms. The van der Waals surface area contributed by atoms with Gasteiger partial charge in [-0.25, -0.2) is 14.6 Å². The fourth-order valence-electron chi connectivity index (χ4n) is 2.84. The molecule has 0 aliphatic heterocycles.